The van der Waals surface area contributed by atoms with Gasteiger partial charge in [0.15, 0.2) is 0 Å². The fourth-order valence-electron chi connectivity index (χ4n) is 4.34. The van der Waals surface area contributed by atoms with Crippen LogP contribution < -0.4 is 10.5 Å². The number of aryl methyl sites for hydroxylation is 3. The molecule has 0 saturated heterocycles. The number of para-hydroxylation sites is 1. The maximum Gasteiger partial charge on any atom is 0.264 e. The number of nitrogen functional groups attached to an aromatic ring is 1. The first kappa shape index (κ1) is 22.6. The first-order valence-electron chi connectivity index (χ1n) is 11.2. The molecular weight excluding hydrogens is 458 g/mol. The molecule has 7 nitrogen and oxygen atoms in total. The monoisotopic (exact) mass is 483 g/mol. The lowest BCUT2D eigenvalue weighted by atomic mass is 10.1. The summed E-state index contributed by atoms with van der Waals surface area (Å²) >= 11 is 0. The van der Waals surface area contributed by atoms with Crippen LogP contribution in [0.25, 0.3) is 21.8 Å². The molecule has 176 valence electrons. The van der Waals surface area contributed by atoms with E-state index in [0.29, 0.717) is 16.8 Å². The molecule has 5 rings (SSSR count). The Morgan fingerprint density at radius 1 is 0.971 bits per heavy atom. The molecule has 0 aliphatic carbocycles. The number of nitrogens with two attached hydrogens (primary N) is 1. The smallest absolute Gasteiger partial charge is 0.264 e. The number of fused-ring (bicyclic) bond motifs is 2. The Kier molecular flexibility index (Phi) is 5.74. The van der Waals surface area contributed by atoms with Crippen molar-refractivity contribution in [2.45, 2.75) is 17.7 Å². The number of aromatic nitrogens is 2. The maximum atomic E-state index is 13.2. The van der Waals surface area contributed by atoms with E-state index in [4.69, 9.17) is 11.1 Å². The van der Waals surface area contributed by atoms with E-state index in [9.17, 15) is 8.42 Å². The fraction of sp³-hybridized carbons (Fsp3) is 0.111. The molecular formula is C27H25N5O2S. The number of amidine groups is 1. The number of nitrogens with zero attached hydrogens (tertiary/aromatic N) is 2. The van der Waals surface area contributed by atoms with E-state index in [2.05, 4.69) is 20.3 Å². The topological polar surface area (TPSA) is 114 Å². The predicted octanol–water partition coefficient (Wildman–Crippen LogP) is 4.60. The number of sulfonamides is 1. The van der Waals surface area contributed by atoms with Gasteiger partial charge >= 0.3 is 0 Å². The second-order valence-electron chi connectivity index (χ2n) is 8.52. The summed E-state index contributed by atoms with van der Waals surface area (Å²) < 4.78 is 31.2. The van der Waals surface area contributed by atoms with Crippen LogP contribution in [-0.2, 0) is 29.9 Å². The largest absolute Gasteiger partial charge is 0.384 e. The van der Waals surface area contributed by atoms with Crippen LogP contribution in [-0.4, -0.2) is 23.8 Å². The minimum atomic E-state index is -3.81. The van der Waals surface area contributed by atoms with Gasteiger partial charge in [-0.15, -0.1) is 0 Å². The lowest BCUT2D eigenvalue weighted by Gasteiger charge is -2.10. The number of anilines is 1. The molecule has 2 heterocycles. The Labute approximate surface area is 203 Å². The first-order valence-corrected chi connectivity index (χ1v) is 12.7. The zero-order chi connectivity index (χ0) is 24.6. The van der Waals surface area contributed by atoms with Gasteiger partial charge < -0.3 is 10.3 Å². The Bertz CT molecular complexity index is 1670. The van der Waals surface area contributed by atoms with Gasteiger partial charge in [-0.25, -0.2) is 8.42 Å². The van der Waals surface area contributed by atoms with Crippen LogP contribution in [0.5, 0.6) is 0 Å². The number of pyridine rings is 1. The van der Waals surface area contributed by atoms with Crippen LogP contribution in [0.15, 0.2) is 90.0 Å². The molecule has 0 atom stereocenters. The molecule has 0 amide bonds. The summed E-state index contributed by atoms with van der Waals surface area (Å²) in [6.07, 6.45) is 3.26. The molecule has 8 heteroatoms. The molecule has 0 fully saturated rings. The van der Waals surface area contributed by atoms with E-state index in [1.54, 1.807) is 30.5 Å². The van der Waals surface area contributed by atoms with Crippen molar-refractivity contribution in [1.82, 2.24) is 9.55 Å². The molecule has 0 unspecified atom stereocenters. The third kappa shape index (κ3) is 4.48. The number of rotatable bonds is 7. The molecule has 0 spiro atoms. The van der Waals surface area contributed by atoms with Crippen molar-refractivity contribution < 1.29 is 8.42 Å². The van der Waals surface area contributed by atoms with Crippen LogP contribution >= 0.6 is 0 Å². The highest BCUT2D eigenvalue weighted by Crippen LogP contribution is 2.27. The highest BCUT2D eigenvalue weighted by Gasteiger charge is 2.19. The van der Waals surface area contributed by atoms with Gasteiger partial charge in [0.25, 0.3) is 10.0 Å². The van der Waals surface area contributed by atoms with Crippen LogP contribution in [0.4, 0.5) is 5.69 Å². The normalized spacial score (nSPS) is 11.7. The van der Waals surface area contributed by atoms with Gasteiger partial charge in [-0.1, -0.05) is 42.5 Å². The third-order valence-electron chi connectivity index (χ3n) is 6.21. The minimum absolute atomic E-state index is 0.0633. The molecule has 0 aliphatic rings. The van der Waals surface area contributed by atoms with Crippen molar-refractivity contribution in [3.63, 3.8) is 0 Å². The van der Waals surface area contributed by atoms with Crippen LogP contribution in [0, 0.1) is 5.41 Å². The lowest BCUT2D eigenvalue weighted by molar-refractivity contribution is 0.602. The summed E-state index contributed by atoms with van der Waals surface area (Å²) in [6, 6.07) is 24.1. The molecule has 0 saturated carbocycles. The molecule has 4 N–H and O–H groups in total. The molecule has 0 aliphatic heterocycles. The standard InChI is InChI=1S/C27H25N5O2S/c1-32-23(13-9-18-7-10-20(11-8-18)27(28)29)17-21-16-22(12-14-24(21)32)31-35(33,34)25-6-2-4-19-5-3-15-30-26(19)25/h2-8,10-12,14-17,31H,9,13H2,1H3,(H3,28,29). The van der Waals surface area contributed by atoms with E-state index >= 15 is 0 Å². The lowest BCUT2D eigenvalue weighted by Crippen LogP contribution is -2.13. The summed E-state index contributed by atoms with van der Waals surface area (Å²) in [4.78, 5) is 4.43. The maximum absolute atomic E-state index is 13.2. The van der Waals surface area contributed by atoms with Gasteiger partial charge in [-0.2, -0.15) is 0 Å². The van der Waals surface area contributed by atoms with Crippen molar-refractivity contribution in [2.24, 2.45) is 12.8 Å². The zero-order valence-corrected chi connectivity index (χ0v) is 20.0. The fourth-order valence-corrected chi connectivity index (χ4v) is 5.57. The van der Waals surface area contributed by atoms with Crippen molar-refractivity contribution >= 4 is 43.4 Å². The van der Waals surface area contributed by atoms with Crippen molar-refractivity contribution in [1.29, 1.82) is 5.41 Å². The average molecular weight is 484 g/mol. The van der Waals surface area contributed by atoms with E-state index in [1.165, 1.54) is 0 Å². The van der Waals surface area contributed by atoms with Gasteiger partial charge in [-0.05, 0) is 54.8 Å². The van der Waals surface area contributed by atoms with E-state index in [1.807, 2.05) is 55.6 Å². The molecule has 2 aromatic heterocycles. The highest BCUT2D eigenvalue weighted by atomic mass is 32.2. The van der Waals surface area contributed by atoms with E-state index < -0.39 is 10.0 Å². The second kappa shape index (κ2) is 8.88. The number of hydrogen-bond donors (Lipinski definition) is 3. The Morgan fingerprint density at radius 3 is 2.51 bits per heavy atom. The Morgan fingerprint density at radius 2 is 1.74 bits per heavy atom. The Balaban J connectivity index is 1.38. The molecule has 35 heavy (non-hydrogen) atoms. The van der Waals surface area contributed by atoms with Gasteiger partial charge in [0, 0.05) is 46.5 Å². The molecule has 5 aromatic rings. The van der Waals surface area contributed by atoms with Gasteiger partial charge in [-0.3, -0.25) is 15.1 Å². The molecule has 0 radical (unpaired) electrons. The van der Waals surface area contributed by atoms with Crippen molar-refractivity contribution in [3.8, 4) is 0 Å². The number of benzene rings is 3. The van der Waals surface area contributed by atoms with Gasteiger partial charge in [0.2, 0.25) is 0 Å². The van der Waals surface area contributed by atoms with E-state index in [-0.39, 0.29) is 10.7 Å². The summed E-state index contributed by atoms with van der Waals surface area (Å²) in [5, 5.41) is 9.25. The second-order valence-corrected chi connectivity index (χ2v) is 10.2. The quantitative estimate of drug-likeness (QED) is 0.232. The minimum Gasteiger partial charge on any atom is -0.384 e. The summed E-state index contributed by atoms with van der Waals surface area (Å²) in [7, 11) is -1.80. The van der Waals surface area contributed by atoms with Crippen molar-refractivity contribution in [2.75, 3.05) is 4.72 Å². The van der Waals surface area contributed by atoms with Crippen LogP contribution in [0.3, 0.4) is 0 Å². The first-order chi connectivity index (χ1) is 16.8. The SMILES string of the molecule is Cn1c(CCc2ccc(C(=N)N)cc2)cc2cc(NS(=O)(=O)c3cccc4cccnc34)ccc21. The van der Waals surface area contributed by atoms with Crippen LogP contribution in [0.2, 0.25) is 0 Å². The number of nitrogens with one attached hydrogen (secondary N) is 2. The predicted molar refractivity (Wildman–Crippen MR) is 140 cm³/mol. The average Bonchev–Trinajstić information content (AvgIpc) is 3.17. The summed E-state index contributed by atoms with van der Waals surface area (Å²) in [6.45, 7) is 0. The third-order valence-corrected chi connectivity index (χ3v) is 7.63. The van der Waals surface area contributed by atoms with E-state index in [0.717, 1.165) is 40.4 Å². The molecule has 0 bridgehead atoms. The highest BCUT2D eigenvalue weighted by molar-refractivity contribution is 7.93. The summed E-state index contributed by atoms with van der Waals surface area (Å²) in [5.41, 5.74) is 10.5. The summed E-state index contributed by atoms with van der Waals surface area (Å²) in [5.74, 6) is 0.0633. The van der Waals surface area contributed by atoms with Gasteiger partial charge in [0.05, 0.1) is 5.52 Å². The van der Waals surface area contributed by atoms with Crippen molar-refractivity contribution in [3.05, 3.63) is 102 Å². The molecule has 3 aromatic carbocycles. The Hall–Kier alpha value is -4.17. The number of hydrogen-bond acceptors (Lipinski definition) is 4. The zero-order valence-electron chi connectivity index (χ0n) is 19.2. The van der Waals surface area contributed by atoms with Crippen LogP contribution in [0.1, 0.15) is 16.8 Å². The van der Waals surface area contributed by atoms with Gasteiger partial charge in [0.1, 0.15) is 10.7 Å².